The summed E-state index contributed by atoms with van der Waals surface area (Å²) in [6, 6.07) is 7.55. The van der Waals surface area contributed by atoms with Gasteiger partial charge in [-0.05, 0) is 31.2 Å². The largest absolute Gasteiger partial charge is 0.352 e. The molecule has 0 aliphatic carbocycles. The van der Waals surface area contributed by atoms with Gasteiger partial charge in [-0.2, -0.15) is 0 Å². The monoisotopic (exact) mass is 376 g/mol. The van der Waals surface area contributed by atoms with E-state index in [1.165, 1.54) is 6.20 Å². The van der Waals surface area contributed by atoms with Gasteiger partial charge in [-0.15, -0.1) is 10.2 Å². The lowest BCUT2D eigenvalue weighted by Crippen LogP contribution is -2.49. The lowest BCUT2D eigenvalue weighted by molar-refractivity contribution is 0.0740. The zero-order chi connectivity index (χ0) is 19.3. The summed E-state index contributed by atoms with van der Waals surface area (Å²) in [5, 5.41) is 11.7. The first-order chi connectivity index (χ1) is 13.7. The maximum absolute atomic E-state index is 12.5. The standard InChI is InChI=1S/C19H20N8O/c1-14-12-22-16(13-21-14)19(28)27-10-8-26(9-11-27)18-3-2-17(24-25-18)23-15-4-6-20-7-5-15/h2-7,12-13H,8-11H2,1H3,(H,20,23,24). The minimum atomic E-state index is -0.0878. The van der Waals surface area contributed by atoms with E-state index in [0.717, 1.165) is 17.2 Å². The molecule has 0 spiro atoms. The number of aromatic nitrogens is 5. The molecule has 0 radical (unpaired) electrons. The van der Waals surface area contributed by atoms with Crippen LogP contribution in [0.5, 0.6) is 0 Å². The molecule has 1 N–H and O–H groups in total. The number of rotatable bonds is 4. The fraction of sp³-hybridized carbons (Fsp3) is 0.263. The van der Waals surface area contributed by atoms with Crippen molar-refractivity contribution in [3.8, 4) is 0 Å². The van der Waals surface area contributed by atoms with Gasteiger partial charge in [0.1, 0.15) is 5.69 Å². The summed E-state index contributed by atoms with van der Waals surface area (Å²) in [6.07, 6.45) is 6.57. The van der Waals surface area contributed by atoms with Gasteiger partial charge < -0.3 is 15.1 Å². The molecule has 4 rings (SSSR count). The Hall–Kier alpha value is -3.62. The molecule has 9 nitrogen and oxygen atoms in total. The minimum absolute atomic E-state index is 0.0878. The van der Waals surface area contributed by atoms with Crippen LogP contribution in [0.25, 0.3) is 0 Å². The molecule has 4 heterocycles. The molecule has 0 saturated carbocycles. The minimum Gasteiger partial charge on any atom is -0.352 e. The van der Waals surface area contributed by atoms with Crippen LogP contribution in [0.15, 0.2) is 49.1 Å². The van der Waals surface area contributed by atoms with Crippen LogP contribution in [-0.4, -0.2) is 62.1 Å². The van der Waals surface area contributed by atoms with Crippen LogP contribution in [-0.2, 0) is 0 Å². The Morgan fingerprint density at radius 2 is 1.75 bits per heavy atom. The second kappa shape index (κ2) is 7.95. The first-order valence-corrected chi connectivity index (χ1v) is 9.03. The fourth-order valence-corrected chi connectivity index (χ4v) is 2.95. The Morgan fingerprint density at radius 3 is 2.39 bits per heavy atom. The quantitative estimate of drug-likeness (QED) is 0.734. The van der Waals surface area contributed by atoms with E-state index in [2.05, 4.69) is 35.4 Å². The highest BCUT2D eigenvalue weighted by Crippen LogP contribution is 2.17. The van der Waals surface area contributed by atoms with E-state index in [0.29, 0.717) is 37.7 Å². The second-order valence-electron chi connectivity index (χ2n) is 6.46. The van der Waals surface area contributed by atoms with E-state index in [4.69, 9.17) is 0 Å². The Kier molecular flexibility index (Phi) is 5.05. The number of nitrogens with one attached hydrogen (secondary N) is 1. The molecule has 28 heavy (non-hydrogen) atoms. The number of aryl methyl sites for hydroxylation is 1. The van der Waals surface area contributed by atoms with Crippen LogP contribution >= 0.6 is 0 Å². The Balaban J connectivity index is 1.34. The highest BCUT2D eigenvalue weighted by Gasteiger charge is 2.24. The average molecular weight is 376 g/mol. The van der Waals surface area contributed by atoms with E-state index in [9.17, 15) is 4.79 Å². The molecule has 1 aliphatic heterocycles. The average Bonchev–Trinajstić information content (AvgIpc) is 2.75. The van der Waals surface area contributed by atoms with Gasteiger partial charge in [-0.1, -0.05) is 0 Å². The molecular weight excluding hydrogens is 356 g/mol. The second-order valence-corrected chi connectivity index (χ2v) is 6.46. The third-order valence-electron chi connectivity index (χ3n) is 4.49. The van der Waals surface area contributed by atoms with Crippen molar-refractivity contribution in [1.29, 1.82) is 0 Å². The summed E-state index contributed by atoms with van der Waals surface area (Å²) >= 11 is 0. The Labute approximate surface area is 162 Å². The van der Waals surface area contributed by atoms with Crippen molar-refractivity contribution < 1.29 is 4.79 Å². The van der Waals surface area contributed by atoms with Crippen LogP contribution in [0.3, 0.4) is 0 Å². The molecule has 1 aliphatic rings. The Morgan fingerprint density at radius 1 is 0.964 bits per heavy atom. The molecule has 1 amide bonds. The number of nitrogens with zero attached hydrogens (tertiary/aromatic N) is 7. The van der Waals surface area contributed by atoms with Gasteiger partial charge in [0, 0.05) is 50.5 Å². The highest BCUT2D eigenvalue weighted by atomic mass is 16.2. The van der Waals surface area contributed by atoms with Gasteiger partial charge in [0.05, 0.1) is 11.9 Å². The smallest absolute Gasteiger partial charge is 0.274 e. The number of pyridine rings is 1. The van der Waals surface area contributed by atoms with Gasteiger partial charge in [0.2, 0.25) is 0 Å². The van der Waals surface area contributed by atoms with Gasteiger partial charge in [-0.25, -0.2) is 4.98 Å². The zero-order valence-electron chi connectivity index (χ0n) is 15.5. The molecule has 0 bridgehead atoms. The van der Waals surface area contributed by atoms with E-state index in [1.807, 2.05) is 31.2 Å². The number of anilines is 3. The van der Waals surface area contributed by atoms with Crippen LogP contribution < -0.4 is 10.2 Å². The normalized spacial score (nSPS) is 14.0. The fourth-order valence-electron chi connectivity index (χ4n) is 2.95. The summed E-state index contributed by atoms with van der Waals surface area (Å²) in [6.45, 7) is 4.44. The number of carbonyl (C=O) groups excluding carboxylic acids is 1. The summed E-state index contributed by atoms with van der Waals surface area (Å²) in [4.78, 5) is 28.8. The van der Waals surface area contributed by atoms with E-state index >= 15 is 0 Å². The van der Waals surface area contributed by atoms with Crippen molar-refractivity contribution in [3.05, 3.63) is 60.4 Å². The molecule has 0 atom stereocenters. The molecule has 0 unspecified atom stereocenters. The van der Waals surface area contributed by atoms with Crippen molar-refractivity contribution in [1.82, 2.24) is 30.0 Å². The zero-order valence-corrected chi connectivity index (χ0v) is 15.5. The maximum Gasteiger partial charge on any atom is 0.274 e. The van der Waals surface area contributed by atoms with E-state index in [1.54, 1.807) is 23.5 Å². The van der Waals surface area contributed by atoms with Crippen LogP contribution in [0, 0.1) is 6.92 Å². The van der Waals surface area contributed by atoms with E-state index < -0.39 is 0 Å². The third kappa shape index (κ3) is 4.03. The van der Waals surface area contributed by atoms with Crippen molar-refractivity contribution in [2.24, 2.45) is 0 Å². The topological polar surface area (TPSA) is 100 Å². The lowest BCUT2D eigenvalue weighted by atomic mass is 10.2. The number of hydrogen-bond acceptors (Lipinski definition) is 8. The first kappa shape index (κ1) is 17.8. The van der Waals surface area contributed by atoms with Gasteiger partial charge in [-0.3, -0.25) is 14.8 Å². The SMILES string of the molecule is Cc1cnc(C(=O)N2CCN(c3ccc(Nc4ccncc4)nn3)CC2)cn1. The van der Waals surface area contributed by atoms with Crippen LogP contribution in [0.1, 0.15) is 16.2 Å². The van der Waals surface area contributed by atoms with E-state index in [-0.39, 0.29) is 5.91 Å². The van der Waals surface area contributed by atoms with Gasteiger partial charge in [0.25, 0.3) is 5.91 Å². The summed E-state index contributed by atoms with van der Waals surface area (Å²) in [5.74, 6) is 1.37. The first-order valence-electron chi connectivity index (χ1n) is 9.03. The van der Waals surface area contributed by atoms with Crippen molar-refractivity contribution in [2.75, 3.05) is 36.4 Å². The number of carbonyl (C=O) groups is 1. The molecule has 9 heteroatoms. The molecule has 3 aromatic heterocycles. The maximum atomic E-state index is 12.5. The van der Waals surface area contributed by atoms with Crippen molar-refractivity contribution in [2.45, 2.75) is 6.92 Å². The van der Waals surface area contributed by atoms with Crippen LogP contribution in [0.2, 0.25) is 0 Å². The van der Waals surface area contributed by atoms with Gasteiger partial charge in [0.15, 0.2) is 11.6 Å². The Bertz CT molecular complexity index is 922. The number of piperazine rings is 1. The molecule has 1 fully saturated rings. The third-order valence-corrected chi connectivity index (χ3v) is 4.49. The molecular formula is C19H20N8O. The van der Waals surface area contributed by atoms with Crippen LogP contribution in [0.4, 0.5) is 17.3 Å². The predicted octanol–water partition coefficient (Wildman–Crippen LogP) is 1.68. The molecule has 0 aromatic carbocycles. The lowest BCUT2D eigenvalue weighted by Gasteiger charge is -2.35. The number of hydrogen-bond donors (Lipinski definition) is 1. The van der Waals surface area contributed by atoms with Gasteiger partial charge >= 0.3 is 0 Å². The summed E-state index contributed by atoms with van der Waals surface area (Å²) in [7, 11) is 0. The molecule has 3 aromatic rings. The van der Waals surface area contributed by atoms with Crippen molar-refractivity contribution in [3.63, 3.8) is 0 Å². The number of amides is 1. The predicted molar refractivity (Wildman–Crippen MR) is 104 cm³/mol. The highest BCUT2D eigenvalue weighted by molar-refractivity contribution is 5.92. The summed E-state index contributed by atoms with van der Waals surface area (Å²) in [5.41, 5.74) is 2.08. The summed E-state index contributed by atoms with van der Waals surface area (Å²) < 4.78 is 0. The molecule has 1 saturated heterocycles. The van der Waals surface area contributed by atoms with Crippen molar-refractivity contribution >= 4 is 23.2 Å². The molecule has 142 valence electrons.